The molecule has 0 spiro atoms. The van der Waals surface area contributed by atoms with Crippen LogP contribution >= 0.6 is 12.6 Å². The van der Waals surface area contributed by atoms with Crippen LogP contribution in [0.3, 0.4) is 0 Å². The fraction of sp³-hybridized carbons (Fsp3) is 0.700. The SMILES string of the molecule is CC(=CC1CCC(S)CC1)C(=O)O. The van der Waals surface area contributed by atoms with E-state index in [0.717, 1.165) is 25.7 Å². The average Bonchev–Trinajstić information content (AvgIpc) is 2.08. The Balaban J connectivity index is 2.46. The van der Waals surface area contributed by atoms with Gasteiger partial charge in [0.15, 0.2) is 0 Å². The Morgan fingerprint density at radius 3 is 2.38 bits per heavy atom. The molecular formula is C10H16O2S. The van der Waals surface area contributed by atoms with Gasteiger partial charge in [0, 0.05) is 10.8 Å². The summed E-state index contributed by atoms with van der Waals surface area (Å²) < 4.78 is 0. The van der Waals surface area contributed by atoms with E-state index in [1.807, 2.05) is 6.08 Å². The predicted molar refractivity (Wildman–Crippen MR) is 56.1 cm³/mol. The molecule has 0 radical (unpaired) electrons. The normalized spacial score (nSPS) is 30.2. The van der Waals surface area contributed by atoms with Crippen molar-refractivity contribution < 1.29 is 9.90 Å². The highest BCUT2D eigenvalue weighted by molar-refractivity contribution is 7.80. The summed E-state index contributed by atoms with van der Waals surface area (Å²) in [7, 11) is 0. The lowest BCUT2D eigenvalue weighted by molar-refractivity contribution is -0.132. The summed E-state index contributed by atoms with van der Waals surface area (Å²) in [4.78, 5) is 10.6. The molecule has 13 heavy (non-hydrogen) atoms. The second-order valence-electron chi connectivity index (χ2n) is 3.72. The summed E-state index contributed by atoms with van der Waals surface area (Å²) in [5.41, 5.74) is 0.475. The minimum absolute atomic E-state index is 0.458. The quantitative estimate of drug-likeness (QED) is 0.531. The summed E-state index contributed by atoms with van der Waals surface area (Å²) in [6.07, 6.45) is 6.27. The van der Waals surface area contributed by atoms with Crippen molar-refractivity contribution in [3.63, 3.8) is 0 Å². The summed E-state index contributed by atoms with van der Waals surface area (Å²) in [5, 5.41) is 9.20. The lowest BCUT2D eigenvalue weighted by Crippen LogP contribution is -2.13. The van der Waals surface area contributed by atoms with E-state index in [-0.39, 0.29) is 0 Å². The van der Waals surface area contributed by atoms with Crippen molar-refractivity contribution in [2.24, 2.45) is 5.92 Å². The van der Waals surface area contributed by atoms with Crippen LogP contribution in [0.25, 0.3) is 0 Å². The first kappa shape index (κ1) is 10.6. The summed E-state index contributed by atoms with van der Waals surface area (Å²) in [6, 6.07) is 0. The highest BCUT2D eigenvalue weighted by atomic mass is 32.1. The maximum absolute atomic E-state index is 10.6. The number of hydrogen-bond acceptors (Lipinski definition) is 2. The second-order valence-corrected chi connectivity index (χ2v) is 4.45. The Bertz CT molecular complexity index is 215. The molecule has 3 heteroatoms. The average molecular weight is 200 g/mol. The molecule has 1 aliphatic carbocycles. The zero-order valence-electron chi connectivity index (χ0n) is 7.86. The van der Waals surface area contributed by atoms with Crippen molar-refractivity contribution in [1.29, 1.82) is 0 Å². The molecule has 0 aromatic heterocycles. The van der Waals surface area contributed by atoms with E-state index in [1.54, 1.807) is 6.92 Å². The third-order valence-corrected chi connectivity index (χ3v) is 3.08. The van der Waals surface area contributed by atoms with Crippen LogP contribution in [-0.4, -0.2) is 16.3 Å². The molecule has 0 saturated heterocycles. The topological polar surface area (TPSA) is 37.3 Å². The van der Waals surface area contributed by atoms with E-state index in [1.165, 1.54) is 0 Å². The van der Waals surface area contributed by atoms with Gasteiger partial charge in [-0.2, -0.15) is 12.6 Å². The largest absolute Gasteiger partial charge is 0.478 e. The molecule has 0 bridgehead atoms. The fourth-order valence-corrected chi connectivity index (χ4v) is 1.99. The van der Waals surface area contributed by atoms with Crippen LogP contribution in [0.4, 0.5) is 0 Å². The molecular weight excluding hydrogens is 184 g/mol. The van der Waals surface area contributed by atoms with Gasteiger partial charge in [-0.3, -0.25) is 0 Å². The molecule has 1 rings (SSSR count). The number of carboxylic acid groups (broad SMARTS) is 1. The van der Waals surface area contributed by atoms with E-state index in [4.69, 9.17) is 5.11 Å². The zero-order chi connectivity index (χ0) is 9.84. The molecule has 2 nitrogen and oxygen atoms in total. The number of allylic oxidation sites excluding steroid dienone is 1. The molecule has 0 aliphatic heterocycles. The fourth-order valence-electron chi connectivity index (χ4n) is 1.69. The molecule has 1 aliphatic rings. The molecule has 1 saturated carbocycles. The predicted octanol–water partition coefficient (Wildman–Crippen LogP) is 2.51. The van der Waals surface area contributed by atoms with Crippen LogP contribution in [0, 0.1) is 5.92 Å². The van der Waals surface area contributed by atoms with Gasteiger partial charge >= 0.3 is 5.97 Å². The minimum atomic E-state index is -0.798. The Morgan fingerprint density at radius 1 is 1.38 bits per heavy atom. The minimum Gasteiger partial charge on any atom is -0.478 e. The van der Waals surface area contributed by atoms with Gasteiger partial charge in [0.1, 0.15) is 0 Å². The standard InChI is InChI=1S/C10H16O2S/c1-7(10(11)12)6-8-2-4-9(13)5-3-8/h6,8-9,13H,2-5H2,1H3,(H,11,12). The first-order valence-corrected chi connectivity index (χ1v) is 5.21. The molecule has 0 heterocycles. The first-order chi connectivity index (χ1) is 6.09. The van der Waals surface area contributed by atoms with Gasteiger partial charge in [0.25, 0.3) is 0 Å². The monoisotopic (exact) mass is 200 g/mol. The third-order valence-electron chi connectivity index (χ3n) is 2.56. The van der Waals surface area contributed by atoms with Crippen molar-refractivity contribution in [1.82, 2.24) is 0 Å². The Labute approximate surface area is 84.4 Å². The van der Waals surface area contributed by atoms with Crippen molar-refractivity contribution in [2.45, 2.75) is 37.9 Å². The van der Waals surface area contributed by atoms with Gasteiger partial charge in [-0.25, -0.2) is 4.79 Å². The molecule has 0 aromatic rings. The van der Waals surface area contributed by atoms with Gasteiger partial charge in [-0.15, -0.1) is 0 Å². The molecule has 0 atom stereocenters. The van der Waals surface area contributed by atoms with E-state index in [9.17, 15) is 4.79 Å². The van der Waals surface area contributed by atoms with Crippen LogP contribution in [0.5, 0.6) is 0 Å². The zero-order valence-corrected chi connectivity index (χ0v) is 8.76. The van der Waals surface area contributed by atoms with Crippen LogP contribution < -0.4 is 0 Å². The summed E-state index contributed by atoms with van der Waals surface area (Å²) in [6.45, 7) is 1.66. The Kier molecular flexibility index (Phi) is 3.85. The van der Waals surface area contributed by atoms with E-state index in [0.29, 0.717) is 16.7 Å². The summed E-state index contributed by atoms with van der Waals surface area (Å²) >= 11 is 4.40. The van der Waals surface area contributed by atoms with Crippen LogP contribution in [0.2, 0.25) is 0 Å². The van der Waals surface area contributed by atoms with Crippen molar-refractivity contribution in [3.05, 3.63) is 11.6 Å². The number of carbonyl (C=O) groups is 1. The smallest absolute Gasteiger partial charge is 0.330 e. The number of carboxylic acids is 1. The number of hydrogen-bond donors (Lipinski definition) is 2. The van der Waals surface area contributed by atoms with Gasteiger partial charge in [0.05, 0.1) is 0 Å². The number of rotatable bonds is 2. The van der Waals surface area contributed by atoms with Crippen molar-refractivity contribution >= 4 is 18.6 Å². The lowest BCUT2D eigenvalue weighted by atomic mass is 9.87. The highest BCUT2D eigenvalue weighted by Gasteiger charge is 2.17. The summed E-state index contributed by atoms with van der Waals surface area (Å²) in [5.74, 6) is -0.340. The second kappa shape index (κ2) is 4.70. The number of thiol groups is 1. The van der Waals surface area contributed by atoms with Crippen molar-refractivity contribution in [3.8, 4) is 0 Å². The molecule has 0 aromatic carbocycles. The molecule has 74 valence electrons. The van der Waals surface area contributed by atoms with Gasteiger partial charge in [0.2, 0.25) is 0 Å². The third kappa shape index (κ3) is 3.43. The van der Waals surface area contributed by atoms with E-state index >= 15 is 0 Å². The van der Waals surface area contributed by atoms with Crippen molar-refractivity contribution in [2.75, 3.05) is 0 Å². The lowest BCUT2D eigenvalue weighted by Gasteiger charge is -2.23. The Hall–Kier alpha value is -0.440. The van der Waals surface area contributed by atoms with Gasteiger partial charge in [-0.1, -0.05) is 6.08 Å². The number of aliphatic carboxylic acids is 1. The first-order valence-electron chi connectivity index (χ1n) is 4.69. The van der Waals surface area contributed by atoms with E-state index < -0.39 is 5.97 Å². The van der Waals surface area contributed by atoms with Crippen LogP contribution in [0.15, 0.2) is 11.6 Å². The Morgan fingerprint density at radius 2 is 1.92 bits per heavy atom. The molecule has 1 fully saturated rings. The maximum atomic E-state index is 10.6. The van der Waals surface area contributed by atoms with Crippen LogP contribution in [-0.2, 0) is 4.79 Å². The molecule has 0 amide bonds. The molecule has 0 unspecified atom stereocenters. The van der Waals surface area contributed by atoms with Gasteiger partial charge < -0.3 is 5.11 Å². The molecule has 1 N–H and O–H groups in total. The van der Waals surface area contributed by atoms with Crippen LogP contribution in [0.1, 0.15) is 32.6 Å². The highest BCUT2D eigenvalue weighted by Crippen LogP contribution is 2.28. The van der Waals surface area contributed by atoms with E-state index in [2.05, 4.69) is 12.6 Å². The van der Waals surface area contributed by atoms with Gasteiger partial charge in [-0.05, 0) is 38.5 Å². The maximum Gasteiger partial charge on any atom is 0.330 e.